The normalized spacial score (nSPS) is 20.4. The Kier molecular flexibility index (Phi) is 2.96. The van der Waals surface area contributed by atoms with E-state index in [9.17, 15) is 4.79 Å². The molecule has 2 heterocycles. The predicted octanol–water partition coefficient (Wildman–Crippen LogP) is 0.178. The molecule has 0 bridgehead atoms. The molecule has 1 aromatic rings. The summed E-state index contributed by atoms with van der Waals surface area (Å²) in [7, 11) is 0. The fourth-order valence-electron chi connectivity index (χ4n) is 2.04. The summed E-state index contributed by atoms with van der Waals surface area (Å²) in [5.41, 5.74) is 7.39. The topological polar surface area (TPSA) is 75.0 Å². The molecule has 0 amide bonds. The second-order valence-corrected chi connectivity index (χ2v) is 4.31. The third kappa shape index (κ3) is 1.95. The number of H-pyrrole nitrogens is 1. The number of aromatic amines is 1. The fraction of sp³-hybridized carbons (Fsp3) is 0.636. The molecule has 1 fully saturated rings. The quantitative estimate of drug-likeness (QED) is 0.748. The van der Waals surface area contributed by atoms with Crippen LogP contribution in [0.2, 0.25) is 0 Å². The molecule has 0 radical (unpaired) electrons. The molecule has 16 heavy (non-hydrogen) atoms. The highest BCUT2D eigenvalue weighted by molar-refractivity contribution is 5.34. The van der Waals surface area contributed by atoms with Gasteiger partial charge in [-0.2, -0.15) is 0 Å². The zero-order valence-corrected chi connectivity index (χ0v) is 9.79. The standard InChI is InChI=1S/C11H18N4O/c1-3-9-7(2)10(16)14-11(13-9)15-5-4-8(12)6-15/h8H,3-6,12H2,1-2H3,(H,13,14,16). The molecule has 3 N–H and O–H groups in total. The molecule has 0 spiro atoms. The minimum absolute atomic E-state index is 0.0395. The van der Waals surface area contributed by atoms with Gasteiger partial charge in [-0.05, 0) is 19.8 Å². The van der Waals surface area contributed by atoms with Crippen molar-refractivity contribution in [3.63, 3.8) is 0 Å². The highest BCUT2D eigenvalue weighted by Gasteiger charge is 2.21. The molecule has 5 nitrogen and oxygen atoms in total. The van der Waals surface area contributed by atoms with Crippen LogP contribution in [0.4, 0.5) is 5.95 Å². The van der Waals surface area contributed by atoms with Gasteiger partial charge in [-0.1, -0.05) is 6.92 Å². The zero-order chi connectivity index (χ0) is 11.7. The van der Waals surface area contributed by atoms with Crippen LogP contribution in [0.15, 0.2) is 4.79 Å². The molecule has 88 valence electrons. The van der Waals surface area contributed by atoms with E-state index in [4.69, 9.17) is 5.73 Å². The van der Waals surface area contributed by atoms with Gasteiger partial charge in [-0.25, -0.2) is 4.98 Å². The van der Waals surface area contributed by atoms with E-state index in [1.54, 1.807) is 0 Å². The number of nitrogens with one attached hydrogen (secondary N) is 1. The second-order valence-electron chi connectivity index (χ2n) is 4.31. The Morgan fingerprint density at radius 1 is 1.62 bits per heavy atom. The summed E-state index contributed by atoms with van der Waals surface area (Å²) in [6.07, 6.45) is 1.74. The SMILES string of the molecule is CCc1nc(N2CCC(N)C2)[nH]c(=O)c1C. The number of nitrogens with two attached hydrogens (primary N) is 1. The molecule has 0 saturated carbocycles. The molecular weight excluding hydrogens is 204 g/mol. The molecule has 1 aliphatic heterocycles. The Hall–Kier alpha value is -1.36. The second kappa shape index (κ2) is 4.25. The molecule has 1 atom stereocenters. The van der Waals surface area contributed by atoms with E-state index in [1.165, 1.54) is 0 Å². The van der Waals surface area contributed by atoms with Crippen molar-refractivity contribution in [2.75, 3.05) is 18.0 Å². The number of aryl methyl sites for hydroxylation is 1. The molecule has 1 aliphatic rings. The predicted molar refractivity (Wildman–Crippen MR) is 63.8 cm³/mol. The molecule has 1 unspecified atom stereocenters. The maximum absolute atomic E-state index is 11.7. The monoisotopic (exact) mass is 222 g/mol. The maximum Gasteiger partial charge on any atom is 0.255 e. The number of hydrogen-bond donors (Lipinski definition) is 2. The highest BCUT2D eigenvalue weighted by Crippen LogP contribution is 2.15. The summed E-state index contributed by atoms with van der Waals surface area (Å²) < 4.78 is 0. The van der Waals surface area contributed by atoms with Crippen LogP contribution in [0.25, 0.3) is 0 Å². The molecule has 1 aromatic heterocycles. The first-order valence-corrected chi connectivity index (χ1v) is 5.72. The first-order chi connectivity index (χ1) is 7.61. The smallest absolute Gasteiger partial charge is 0.255 e. The first-order valence-electron chi connectivity index (χ1n) is 5.72. The van der Waals surface area contributed by atoms with Crippen LogP contribution in [0.3, 0.4) is 0 Å². The molecule has 0 aromatic carbocycles. The van der Waals surface area contributed by atoms with Gasteiger partial charge in [0.15, 0.2) is 0 Å². The van der Waals surface area contributed by atoms with Crippen LogP contribution >= 0.6 is 0 Å². The van der Waals surface area contributed by atoms with E-state index in [1.807, 2.05) is 18.7 Å². The summed E-state index contributed by atoms with van der Waals surface area (Å²) >= 11 is 0. The summed E-state index contributed by atoms with van der Waals surface area (Å²) in [5, 5.41) is 0. The van der Waals surface area contributed by atoms with Crippen LogP contribution in [0.5, 0.6) is 0 Å². The van der Waals surface area contributed by atoms with Crippen molar-refractivity contribution in [1.82, 2.24) is 9.97 Å². The average Bonchev–Trinajstić information content (AvgIpc) is 2.69. The summed E-state index contributed by atoms with van der Waals surface area (Å²) in [6, 6.07) is 0.191. The Bertz CT molecular complexity index is 440. The van der Waals surface area contributed by atoms with Gasteiger partial charge in [0, 0.05) is 24.7 Å². The Balaban J connectivity index is 2.35. The molecule has 5 heteroatoms. The minimum atomic E-state index is -0.0395. The van der Waals surface area contributed by atoms with Crippen molar-refractivity contribution in [1.29, 1.82) is 0 Å². The molecule has 1 saturated heterocycles. The van der Waals surface area contributed by atoms with Crippen molar-refractivity contribution in [3.05, 3.63) is 21.6 Å². The van der Waals surface area contributed by atoms with Gasteiger partial charge in [0.1, 0.15) is 0 Å². The lowest BCUT2D eigenvalue weighted by Crippen LogP contribution is -2.30. The Morgan fingerprint density at radius 3 is 2.94 bits per heavy atom. The number of anilines is 1. The van der Waals surface area contributed by atoms with Crippen LogP contribution in [0, 0.1) is 6.92 Å². The van der Waals surface area contributed by atoms with Crippen LogP contribution < -0.4 is 16.2 Å². The highest BCUT2D eigenvalue weighted by atomic mass is 16.1. The Labute approximate surface area is 94.7 Å². The lowest BCUT2D eigenvalue weighted by Gasteiger charge is -2.17. The zero-order valence-electron chi connectivity index (χ0n) is 9.79. The van der Waals surface area contributed by atoms with Gasteiger partial charge in [-0.15, -0.1) is 0 Å². The Morgan fingerprint density at radius 2 is 2.38 bits per heavy atom. The van der Waals surface area contributed by atoms with Crippen LogP contribution in [0.1, 0.15) is 24.6 Å². The largest absolute Gasteiger partial charge is 0.341 e. The first kappa shape index (κ1) is 11.1. The molecule has 0 aliphatic carbocycles. The van der Waals surface area contributed by atoms with Crippen molar-refractivity contribution in [2.24, 2.45) is 5.73 Å². The van der Waals surface area contributed by atoms with Gasteiger partial charge >= 0.3 is 0 Å². The van der Waals surface area contributed by atoms with Crippen LogP contribution in [-0.2, 0) is 6.42 Å². The summed E-state index contributed by atoms with van der Waals surface area (Å²) in [4.78, 5) is 21.0. The third-order valence-corrected chi connectivity index (χ3v) is 3.10. The van der Waals surface area contributed by atoms with Crippen molar-refractivity contribution in [2.45, 2.75) is 32.7 Å². The van der Waals surface area contributed by atoms with E-state index in [0.29, 0.717) is 5.95 Å². The van der Waals surface area contributed by atoms with E-state index < -0.39 is 0 Å². The van der Waals surface area contributed by atoms with E-state index in [-0.39, 0.29) is 11.6 Å². The summed E-state index contributed by atoms with van der Waals surface area (Å²) in [6.45, 7) is 5.46. The maximum atomic E-state index is 11.7. The minimum Gasteiger partial charge on any atom is -0.341 e. The average molecular weight is 222 g/mol. The number of rotatable bonds is 2. The lowest BCUT2D eigenvalue weighted by atomic mass is 10.2. The van der Waals surface area contributed by atoms with Crippen molar-refractivity contribution >= 4 is 5.95 Å². The lowest BCUT2D eigenvalue weighted by molar-refractivity contribution is 0.749. The summed E-state index contributed by atoms with van der Waals surface area (Å²) in [5.74, 6) is 0.667. The van der Waals surface area contributed by atoms with Gasteiger partial charge in [0.05, 0.1) is 5.69 Å². The molecular formula is C11H18N4O. The number of hydrogen-bond acceptors (Lipinski definition) is 4. The van der Waals surface area contributed by atoms with E-state index in [2.05, 4.69) is 9.97 Å². The number of aromatic nitrogens is 2. The van der Waals surface area contributed by atoms with Gasteiger partial charge < -0.3 is 10.6 Å². The molecule has 2 rings (SSSR count). The third-order valence-electron chi connectivity index (χ3n) is 3.10. The van der Waals surface area contributed by atoms with Gasteiger partial charge in [0.25, 0.3) is 5.56 Å². The van der Waals surface area contributed by atoms with Crippen LogP contribution in [-0.4, -0.2) is 29.1 Å². The van der Waals surface area contributed by atoms with E-state index in [0.717, 1.165) is 37.2 Å². The van der Waals surface area contributed by atoms with Crippen molar-refractivity contribution in [3.8, 4) is 0 Å². The van der Waals surface area contributed by atoms with Gasteiger partial charge in [0.2, 0.25) is 5.95 Å². The number of nitrogens with zero attached hydrogens (tertiary/aromatic N) is 2. The van der Waals surface area contributed by atoms with Crippen molar-refractivity contribution < 1.29 is 0 Å². The van der Waals surface area contributed by atoms with E-state index >= 15 is 0 Å². The van der Waals surface area contributed by atoms with Gasteiger partial charge in [-0.3, -0.25) is 9.78 Å². The fourth-order valence-corrected chi connectivity index (χ4v) is 2.04.